The quantitative estimate of drug-likeness (QED) is 0.822. The van der Waals surface area contributed by atoms with Gasteiger partial charge in [-0.2, -0.15) is 8.78 Å². The Morgan fingerprint density at radius 2 is 1.62 bits per heavy atom. The maximum Gasteiger partial charge on any atom is 0.387 e. The van der Waals surface area contributed by atoms with Crippen LogP contribution in [0.15, 0.2) is 54.6 Å². The zero-order chi connectivity index (χ0) is 15.1. The maximum atomic E-state index is 12.0. The minimum atomic E-state index is -2.83. The van der Waals surface area contributed by atoms with E-state index in [4.69, 9.17) is 0 Å². The lowest BCUT2D eigenvalue weighted by Gasteiger charge is -2.12. The molecular formula is C17H18F2O2. The molecule has 0 aliphatic carbocycles. The summed E-state index contributed by atoms with van der Waals surface area (Å²) in [4.78, 5) is 0. The molecule has 2 aromatic carbocycles. The third-order valence-corrected chi connectivity index (χ3v) is 3.28. The van der Waals surface area contributed by atoms with Crippen molar-refractivity contribution in [1.82, 2.24) is 0 Å². The van der Waals surface area contributed by atoms with Gasteiger partial charge >= 0.3 is 6.61 Å². The third-order valence-electron chi connectivity index (χ3n) is 3.28. The zero-order valence-electron chi connectivity index (χ0n) is 11.6. The van der Waals surface area contributed by atoms with E-state index in [2.05, 4.69) is 16.9 Å². The van der Waals surface area contributed by atoms with Crippen molar-refractivity contribution in [2.75, 3.05) is 0 Å². The summed E-state index contributed by atoms with van der Waals surface area (Å²) < 4.78 is 28.3. The Kier molecular flexibility index (Phi) is 5.69. The molecule has 0 amide bonds. The number of hydrogen-bond acceptors (Lipinski definition) is 2. The highest BCUT2D eigenvalue weighted by atomic mass is 19.3. The summed E-state index contributed by atoms with van der Waals surface area (Å²) in [6.45, 7) is -2.83. The number of aliphatic hydroxyl groups is 1. The van der Waals surface area contributed by atoms with Gasteiger partial charge in [-0.05, 0) is 42.5 Å². The molecule has 1 atom stereocenters. The maximum absolute atomic E-state index is 12.0. The van der Waals surface area contributed by atoms with Crippen LogP contribution < -0.4 is 4.74 Å². The summed E-state index contributed by atoms with van der Waals surface area (Å²) in [6.07, 6.45) is 1.81. The first kappa shape index (κ1) is 15.4. The van der Waals surface area contributed by atoms with Gasteiger partial charge in [0.1, 0.15) is 5.75 Å². The average Bonchev–Trinajstić information content (AvgIpc) is 2.48. The van der Waals surface area contributed by atoms with Crippen LogP contribution in [0, 0.1) is 0 Å². The first-order chi connectivity index (χ1) is 10.1. The fourth-order valence-corrected chi connectivity index (χ4v) is 2.18. The summed E-state index contributed by atoms with van der Waals surface area (Å²) >= 11 is 0. The number of rotatable bonds is 7. The molecule has 112 valence electrons. The van der Waals surface area contributed by atoms with Crippen LogP contribution in [-0.2, 0) is 6.42 Å². The molecule has 2 nitrogen and oxygen atoms in total. The molecule has 0 saturated heterocycles. The lowest BCUT2D eigenvalue weighted by atomic mass is 10.0. The Labute approximate surface area is 123 Å². The third kappa shape index (κ3) is 5.16. The van der Waals surface area contributed by atoms with Crippen LogP contribution in [0.4, 0.5) is 8.78 Å². The van der Waals surface area contributed by atoms with Crippen LogP contribution in [0.3, 0.4) is 0 Å². The summed E-state index contributed by atoms with van der Waals surface area (Å²) in [5, 5.41) is 10.1. The Morgan fingerprint density at radius 1 is 0.952 bits per heavy atom. The molecule has 2 rings (SSSR count). The van der Waals surface area contributed by atoms with Gasteiger partial charge in [0.25, 0.3) is 0 Å². The Morgan fingerprint density at radius 3 is 2.24 bits per heavy atom. The highest BCUT2D eigenvalue weighted by Gasteiger charge is 2.09. The topological polar surface area (TPSA) is 29.5 Å². The van der Waals surface area contributed by atoms with Crippen molar-refractivity contribution >= 4 is 0 Å². The largest absolute Gasteiger partial charge is 0.435 e. The van der Waals surface area contributed by atoms with Crippen LogP contribution in [-0.4, -0.2) is 11.7 Å². The van der Waals surface area contributed by atoms with Gasteiger partial charge < -0.3 is 9.84 Å². The molecule has 21 heavy (non-hydrogen) atoms. The van der Waals surface area contributed by atoms with Gasteiger partial charge in [0, 0.05) is 0 Å². The number of ether oxygens (including phenoxy) is 1. The molecule has 0 fully saturated rings. The minimum Gasteiger partial charge on any atom is -0.435 e. The lowest BCUT2D eigenvalue weighted by Crippen LogP contribution is -2.03. The Balaban J connectivity index is 1.81. The molecule has 2 aromatic rings. The Bertz CT molecular complexity index is 526. The predicted octanol–water partition coefficient (Wildman–Crippen LogP) is 4.34. The van der Waals surface area contributed by atoms with E-state index in [0.717, 1.165) is 12.8 Å². The molecule has 0 saturated carbocycles. The normalized spacial score (nSPS) is 12.4. The molecule has 1 N–H and O–H groups in total. The monoisotopic (exact) mass is 292 g/mol. The van der Waals surface area contributed by atoms with Crippen LogP contribution in [0.1, 0.15) is 30.1 Å². The van der Waals surface area contributed by atoms with Crippen LogP contribution in [0.2, 0.25) is 0 Å². The smallest absolute Gasteiger partial charge is 0.387 e. The van der Waals surface area contributed by atoms with Crippen LogP contribution >= 0.6 is 0 Å². The van der Waals surface area contributed by atoms with Crippen LogP contribution in [0.5, 0.6) is 5.75 Å². The fraction of sp³-hybridized carbons (Fsp3) is 0.294. The second-order valence-corrected chi connectivity index (χ2v) is 4.84. The molecule has 4 heteroatoms. The highest BCUT2D eigenvalue weighted by Crippen LogP contribution is 2.23. The van der Waals surface area contributed by atoms with Crippen molar-refractivity contribution < 1.29 is 18.6 Å². The van der Waals surface area contributed by atoms with Crippen molar-refractivity contribution in [2.45, 2.75) is 32.0 Å². The number of hydrogen-bond donors (Lipinski definition) is 1. The van der Waals surface area contributed by atoms with Gasteiger partial charge in [-0.15, -0.1) is 0 Å². The van der Waals surface area contributed by atoms with E-state index in [0.29, 0.717) is 12.0 Å². The van der Waals surface area contributed by atoms with Crippen molar-refractivity contribution in [3.05, 3.63) is 65.7 Å². The SMILES string of the molecule is OC(CCCc1ccccc1)c1ccc(OC(F)F)cc1. The summed E-state index contributed by atoms with van der Waals surface area (Å²) in [7, 11) is 0. The van der Waals surface area contributed by atoms with Gasteiger partial charge in [0.05, 0.1) is 6.10 Å². The van der Waals surface area contributed by atoms with Crippen molar-refractivity contribution in [1.29, 1.82) is 0 Å². The molecular weight excluding hydrogens is 274 g/mol. The van der Waals surface area contributed by atoms with Gasteiger partial charge in [-0.1, -0.05) is 42.5 Å². The second kappa shape index (κ2) is 7.74. The number of benzene rings is 2. The molecule has 0 spiro atoms. The van der Waals surface area contributed by atoms with E-state index in [1.165, 1.54) is 17.7 Å². The molecule has 1 unspecified atom stereocenters. The number of halogens is 2. The lowest BCUT2D eigenvalue weighted by molar-refractivity contribution is -0.0498. The Hall–Kier alpha value is -1.94. The highest BCUT2D eigenvalue weighted by molar-refractivity contribution is 5.28. The zero-order valence-corrected chi connectivity index (χ0v) is 11.6. The number of aliphatic hydroxyl groups excluding tert-OH is 1. The van der Waals surface area contributed by atoms with E-state index in [1.807, 2.05) is 18.2 Å². The van der Waals surface area contributed by atoms with E-state index < -0.39 is 12.7 Å². The van der Waals surface area contributed by atoms with E-state index >= 15 is 0 Å². The van der Waals surface area contributed by atoms with Crippen molar-refractivity contribution in [2.24, 2.45) is 0 Å². The van der Waals surface area contributed by atoms with E-state index in [-0.39, 0.29) is 5.75 Å². The standard InChI is InChI=1S/C17H18F2O2/c18-17(19)21-15-11-9-14(10-12-15)16(20)8-4-7-13-5-2-1-3-6-13/h1-3,5-6,9-12,16-17,20H,4,7-8H2. The number of aryl methyl sites for hydroxylation is 1. The molecule has 0 radical (unpaired) electrons. The second-order valence-electron chi connectivity index (χ2n) is 4.84. The summed E-state index contributed by atoms with van der Waals surface area (Å²) in [6, 6.07) is 16.2. The average molecular weight is 292 g/mol. The van der Waals surface area contributed by atoms with Gasteiger partial charge in [-0.25, -0.2) is 0 Å². The van der Waals surface area contributed by atoms with Gasteiger partial charge in [0.2, 0.25) is 0 Å². The molecule has 0 bridgehead atoms. The molecule has 0 aliphatic rings. The first-order valence-corrected chi connectivity index (χ1v) is 6.92. The molecule has 0 aliphatic heterocycles. The van der Waals surface area contributed by atoms with Crippen LogP contribution in [0.25, 0.3) is 0 Å². The van der Waals surface area contributed by atoms with E-state index in [9.17, 15) is 13.9 Å². The van der Waals surface area contributed by atoms with Gasteiger partial charge in [-0.3, -0.25) is 0 Å². The minimum absolute atomic E-state index is 0.102. The molecule has 0 aromatic heterocycles. The fourth-order valence-electron chi connectivity index (χ4n) is 2.18. The predicted molar refractivity (Wildman–Crippen MR) is 77.4 cm³/mol. The van der Waals surface area contributed by atoms with Crippen molar-refractivity contribution in [3.63, 3.8) is 0 Å². The summed E-state index contributed by atoms with van der Waals surface area (Å²) in [5.41, 5.74) is 1.95. The molecule has 0 heterocycles. The van der Waals surface area contributed by atoms with Gasteiger partial charge in [0.15, 0.2) is 0 Å². The van der Waals surface area contributed by atoms with E-state index in [1.54, 1.807) is 12.1 Å². The number of alkyl halides is 2. The summed E-state index contributed by atoms with van der Waals surface area (Å²) in [5.74, 6) is 0.102. The first-order valence-electron chi connectivity index (χ1n) is 6.92. The van der Waals surface area contributed by atoms with Crippen molar-refractivity contribution in [3.8, 4) is 5.75 Å².